The van der Waals surface area contributed by atoms with Gasteiger partial charge in [0.1, 0.15) is 5.75 Å². The summed E-state index contributed by atoms with van der Waals surface area (Å²) in [7, 11) is 1.64. The van der Waals surface area contributed by atoms with Crippen LogP contribution in [0, 0.1) is 0 Å². The predicted molar refractivity (Wildman–Crippen MR) is 106 cm³/mol. The fraction of sp³-hybridized carbons (Fsp3) is 0.316. The highest BCUT2D eigenvalue weighted by molar-refractivity contribution is 8.00. The first-order chi connectivity index (χ1) is 11.7. The van der Waals surface area contributed by atoms with Gasteiger partial charge in [0.15, 0.2) is 0 Å². The normalized spacial score (nSPS) is 10.0. The van der Waals surface area contributed by atoms with Crippen LogP contribution in [0.5, 0.6) is 5.75 Å². The summed E-state index contributed by atoms with van der Waals surface area (Å²) < 4.78 is 5.15. The van der Waals surface area contributed by atoms with Crippen LogP contribution >= 0.6 is 24.2 Å². The van der Waals surface area contributed by atoms with Crippen LogP contribution in [0.2, 0.25) is 0 Å². The maximum Gasteiger partial charge on any atom is 0.233 e. The van der Waals surface area contributed by atoms with Crippen molar-refractivity contribution in [3.05, 3.63) is 60.2 Å². The van der Waals surface area contributed by atoms with Crippen LogP contribution in [-0.4, -0.2) is 36.8 Å². The topological polar surface area (TPSA) is 55.6 Å². The number of rotatable bonds is 9. The zero-order chi connectivity index (χ0) is 17.2. The Labute approximate surface area is 160 Å². The Balaban J connectivity index is 0.00000312. The van der Waals surface area contributed by atoms with Gasteiger partial charge in [-0.25, -0.2) is 0 Å². The van der Waals surface area contributed by atoms with E-state index in [0.29, 0.717) is 25.4 Å². The van der Waals surface area contributed by atoms with Gasteiger partial charge in [0, 0.05) is 18.0 Å². The molecule has 0 fully saturated rings. The van der Waals surface area contributed by atoms with Gasteiger partial charge >= 0.3 is 0 Å². The second kappa shape index (κ2) is 11.8. The van der Waals surface area contributed by atoms with Gasteiger partial charge in [0.05, 0.1) is 12.9 Å². The van der Waals surface area contributed by atoms with E-state index in [2.05, 4.69) is 0 Å². The maximum atomic E-state index is 12.6. The van der Waals surface area contributed by atoms with E-state index in [1.165, 1.54) is 0 Å². The number of carbonyl (C=O) groups is 1. The number of hydrogen-bond donors (Lipinski definition) is 1. The minimum absolute atomic E-state index is 0. The Bertz CT molecular complexity index is 623. The quantitative estimate of drug-likeness (QED) is 0.675. The Morgan fingerprint density at radius 3 is 2.40 bits per heavy atom. The minimum Gasteiger partial charge on any atom is -0.497 e. The molecule has 0 unspecified atom stereocenters. The molecule has 0 saturated heterocycles. The minimum atomic E-state index is 0. The van der Waals surface area contributed by atoms with E-state index < -0.39 is 0 Å². The molecular formula is C19H25ClN2O2S. The molecule has 0 atom stereocenters. The molecule has 6 heteroatoms. The number of benzene rings is 2. The lowest BCUT2D eigenvalue weighted by molar-refractivity contribution is -0.129. The molecule has 0 heterocycles. The molecule has 1 amide bonds. The summed E-state index contributed by atoms with van der Waals surface area (Å²) in [6, 6.07) is 17.8. The summed E-state index contributed by atoms with van der Waals surface area (Å²) in [6.07, 6.45) is 0.811. The van der Waals surface area contributed by atoms with E-state index in [-0.39, 0.29) is 18.3 Å². The van der Waals surface area contributed by atoms with Crippen molar-refractivity contribution in [1.82, 2.24) is 4.90 Å². The average Bonchev–Trinajstić information content (AvgIpc) is 2.64. The predicted octanol–water partition coefficient (Wildman–Crippen LogP) is 3.59. The molecule has 2 aromatic carbocycles. The van der Waals surface area contributed by atoms with Crippen LogP contribution in [0.1, 0.15) is 12.0 Å². The lowest BCUT2D eigenvalue weighted by Gasteiger charge is -2.22. The van der Waals surface area contributed by atoms with Crippen molar-refractivity contribution < 1.29 is 9.53 Å². The highest BCUT2D eigenvalue weighted by Crippen LogP contribution is 2.22. The molecular weight excluding hydrogens is 356 g/mol. The van der Waals surface area contributed by atoms with Gasteiger partial charge in [0.25, 0.3) is 0 Å². The molecule has 0 aromatic heterocycles. The molecule has 0 aliphatic heterocycles. The second-order valence-electron chi connectivity index (χ2n) is 5.41. The number of halogens is 1. The van der Waals surface area contributed by atoms with Gasteiger partial charge in [-0.2, -0.15) is 0 Å². The van der Waals surface area contributed by atoms with Gasteiger partial charge in [0.2, 0.25) is 5.91 Å². The van der Waals surface area contributed by atoms with Crippen LogP contribution in [0.15, 0.2) is 59.5 Å². The van der Waals surface area contributed by atoms with Gasteiger partial charge in [-0.3, -0.25) is 4.79 Å². The molecule has 2 aromatic rings. The molecule has 2 N–H and O–H groups in total. The van der Waals surface area contributed by atoms with Crippen LogP contribution in [0.3, 0.4) is 0 Å². The maximum absolute atomic E-state index is 12.6. The standard InChI is InChI=1S/C19H24N2O2S.ClH/c1-23-17-8-10-18(11-9-17)24-15-19(22)21(13-5-12-20)14-16-6-3-2-4-7-16;/h2-4,6-11H,5,12-15,20H2,1H3;1H. The Morgan fingerprint density at radius 2 is 1.80 bits per heavy atom. The number of hydrogen-bond acceptors (Lipinski definition) is 4. The van der Waals surface area contributed by atoms with Crippen LogP contribution in [0.25, 0.3) is 0 Å². The number of nitrogens with zero attached hydrogens (tertiary/aromatic N) is 1. The van der Waals surface area contributed by atoms with Crippen molar-refractivity contribution >= 4 is 30.1 Å². The van der Waals surface area contributed by atoms with Crippen molar-refractivity contribution in [2.45, 2.75) is 17.9 Å². The molecule has 0 bridgehead atoms. The molecule has 4 nitrogen and oxygen atoms in total. The SMILES string of the molecule is COc1ccc(SCC(=O)N(CCCN)Cc2ccccc2)cc1.Cl. The van der Waals surface area contributed by atoms with Crippen molar-refractivity contribution in [2.24, 2.45) is 5.73 Å². The zero-order valence-corrected chi connectivity index (χ0v) is 16.0. The van der Waals surface area contributed by atoms with Crippen molar-refractivity contribution in [2.75, 3.05) is 26.0 Å². The third-order valence-corrected chi connectivity index (χ3v) is 4.62. The Hall–Kier alpha value is -1.69. The van der Waals surface area contributed by atoms with Gasteiger partial charge < -0.3 is 15.4 Å². The van der Waals surface area contributed by atoms with Gasteiger partial charge in [-0.1, -0.05) is 30.3 Å². The first kappa shape index (κ1) is 21.4. The smallest absolute Gasteiger partial charge is 0.233 e. The van der Waals surface area contributed by atoms with E-state index in [1.807, 2.05) is 59.5 Å². The van der Waals surface area contributed by atoms with E-state index in [9.17, 15) is 4.79 Å². The molecule has 25 heavy (non-hydrogen) atoms. The van der Waals surface area contributed by atoms with E-state index in [0.717, 1.165) is 22.6 Å². The van der Waals surface area contributed by atoms with E-state index in [4.69, 9.17) is 10.5 Å². The fourth-order valence-corrected chi connectivity index (χ4v) is 3.09. The fourth-order valence-electron chi connectivity index (χ4n) is 2.29. The van der Waals surface area contributed by atoms with Crippen molar-refractivity contribution in [3.8, 4) is 5.75 Å². The number of nitrogens with two attached hydrogens (primary N) is 1. The largest absolute Gasteiger partial charge is 0.497 e. The lowest BCUT2D eigenvalue weighted by Crippen LogP contribution is -2.33. The summed E-state index contributed by atoms with van der Waals surface area (Å²) in [5.74, 6) is 1.37. The molecule has 0 spiro atoms. The van der Waals surface area contributed by atoms with Crippen molar-refractivity contribution in [3.63, 3.8) is 0 Å². The third-order valence-electron chi connectivity index (χ3n) is 3.62. The summed E-state index contributed by atoms with van der Waals surface area (Å²) in [5, 5.41) is 0. The summed E-state index contributed by atoms with van der Waals surface area (Å²) in [4.78, 5) is 15.5. The Kier molecular flexibility index (Phi) is 10.1. The van der Waals surface area contributed by atoms with E-state index in [1.54, 1.807) is 18.9 Å². The Morgan fingerprint density at radius 1 is 1.12 bits per heavy atom. The molecule has 0 aliphatic carbocycles. The molecule has 0 saturated carbocycles. The number of carbonyl (C=O) groups excluding carboxylic acids is 1. The number of methoxy groups -OCH3 is 1. The molecule has 0 radical (unpaired) electrons. The van der Waals surface area contributed by atoms with Crippen molar-refractivity contribution in [1.29, 1.82) is 0 Å². The van der Waals surface area contributed by atoms with Gasteiger partial charge in [-0.05, 0) is 42.8 Å². The first-order valence-corrected chi connectivity index (χ1v) is 9.00. The average molecular weight is 381 g/mol. The molecule has 136 valence electrons. The number of ether oxygens (including phenoxy) is 1. The van der Waals surface area contributed by atoms with Gasteiger partial charge in [-0.15, -0.1) is 24.2 Å². The summed E-state index contributed by atoms with van der Waals surface area (Å²) in [5.41, 5.74) is 6.74. The monoisotopic (exact) mass is 380 g/mol. The third kappa shape index (κ3) is 7.38. The summed E-state index contributed by atoms with van der Waals surface area (Å²) in [6.45, 7) is 1.90. The van der Waals surface area contributed by atoms with E-state index >= 15 is 0 Å². The van der Waals surface area contributed by atoms with Crippen LogP contribution in [0.4, 0.5) is 0 Å². The molecule has 0 aliphatic rings. The molecule has 2 rings (SSSR count). The second-order valence-corrected chi connectivity index (χ2v) is 6.46. The summed E-state index contributed by atoms with van der Waals surface area (Å²) >= 11 is 1.54. The lowest BCUT2D eigenvalue weighted by atomic mass is 10.2. The number of amides is 1. The van der Waals surface area contributed by atoms with Crippen LogP contribution < -0.4 is 10.5 Å². The van der Waals surface area contributed by atoms with Crippen LogP contribution in [-0.2, 0) is 11.3 Å². The zero-order valence-electron chi connectivity index (χ0n) is 14.4. The first-order valence-electron chi connectivity index (χ1n) is 8.01. The highest BCUT2D eigenvalue weighted by Gasteiger charge is 2.14. The highest BCUT2D eigenvalue weighted by atomic mass is 35.5. The number of thioether (sulfide) groups is 1.